The third-order valence-electron chi connectivity index (χ3n) is 8.26. The minimum Gasteiger partial charge on any atom is -0.474 e. The second kappa shape index (κ2) is 12.1. The van der Waals surface area contributed by atoms with Gasteiger partial charge in [-0.3, -0.25) is 4.90 Å². The highest BCUT2D eigenvalue weighted by atomic mass is 28.4. The largest absolute Gasteiger partial charge is 0.474 e. The van der Waals surface area contributed by atoms with Crippen LogP contribution in [0.1, 0.15) is 73.4 Å². The summed E-state index contributed by atoms with van der Waals surface area (Å²) in [7, 11) is -0.325. The van der Waals surface area contributed by atoms with Crippen molar-refractivity contribution in [1.29, 1.82) is 5.26 Å². The minimum absolute atomic E-state index is 0.00795. The van der Waals surface area contributed by atoms with E-state index in [1.165, 1.54) is 0 Å². The molecule has 3 heterocycles. The fourth-order valence-corrected chi connectivity index (χ4v) is 5.97. The van der Waals surface area contributed by atoms with Gasteiger partial charge in [-0.15, -0.1) is 0 Å². The Hall–Kier alpha value is -3.95. The van der Waals surface area contributed by atoms with Crippen LogP contribution < -0.4 is 15.0 Å². The van der Waals surface area contributed by atoms with Crippen LogP contribution in [0.25, 0.3) is 11.3 Å². The summed E-state index contributed by atoms with van der Waals surface area (Å²) < 4.78 is 20.1. The molecule has 1 aliphatic rings. The third-order valence-corrected chi connectivity index (χ3v) is 12.7. The second-order valence-corrected chi connectivity index (χ2v) is 19.6. The lowest BCUT2D eigenvalue weighted by atomic mass is 9.83. The van der Waals surface area contributed by atoms with E-state index in [0.29, 0.717) is 47.6 Å². The van der Waals surface area contributed by atoms with Crippen LogP contribution in [0.15, 0.2) is 30.6 Å². The van der Waals surface area contributed by atoms with Crippen molar-refractivity contribution in [1.82, 2.24) is 19.7 Å². The number of amides is 1. The van der Waals surface area contributed by atoms with Gasteiger partial charge in [-0.05, 0) is 76.5 Å². The summed E-state index contributed by atoms with van der Waals surface area (Å²) in [5, 5.41) is 17.9. The number of ether oxygens (including phenoxy) is 2. The molecule has 12 heteroatoms. The Kier molecular flexibility index (Phi) is 9.12. The fourth-order valence-electron chi connectivity index (χ4n) is 4.86. The highest BCUT2D eigenvalue weighted by molar-refractivity contribution is 6.74. The molecule has 0 aliphatic carbocycles. The Labute approximate surface area is 268 Å². The number of aryl methyl sites for hydroxylation is 1. The molecule has 1 atom stereocenters. The van der Waals surface area contributed by atoms with Crippen LogP contribution in [0.4, 0.5) is 22.1 Å². The number of nitrogens with one attached hydrogen (secondary N) is 1. The molecule has 1 amide bonds. The number of anilines is 3. The first-order valence-electron chi connectivity index (χ1n) is 15.3. The molecule has 1 aromatic carbocycles. The zero-order chi connectivity index (χ0) is 33.5. The molecule has 11 nitrogen and oxygen atoms in total. The molecule has 1 N–H and O–H groups in total. The van der Waals surface area contributed by atoms with Gasteiger partial charge in [0.15, 0.2) is 8.32 Å². The summed E-state index contributed by atoms with van der Waals surface area (Å²) in [5.74, 6) is 0.926. The average molecular weight is 634 g/mol. The monoisotopic (exact) mass is 633 g/mol. The zero-order valence-corrected chi connectivity index (χ0v) is 29.7. The molecule has 1 aliphatic heterocycles. The van der Waals surface area contributed by atoms with Gasteiger partial charge in [-0.2, -0.15) is 10.4 Å². The fraction of sp³-hybridized carbons (Fsp3) is 0.545. The van der Waals surface area contributed by atoms with E-state index in [2.05, 4.69) is 62.3 Å². The Bertz CT molecular complexity index is 1610. The summed E-state index contributed by atoms with van der Waals surface area (Å²) in [4.78, 5) is 24.3. The summed E-state index contributed by atoms with van der Waals surface area (Å²) in [6, 6.07) is 7.91. The number of nitriles is 1. The Balaban J connectivity index is 1.78. The van der Waals surface area contributed by atoms with E-state index in [4.69, 9.17) is 18.9 Å². The number of hydrogen-bond acceptors (Lipinski definition) is 9. The molecular formula is C33H47N7O4Si. The van der Waals surface area contributed by atoms with Gasteiger partial charge in [-0.1, -0.05) is 27.7 Å². The van der Waals surface area contributed by atoms with Crippen LogP contribution in [0.2, 0.25) is 18.1 Å². The van der Waals surface area contributed by atoms with Gasteiger partial charge < -0.3 is 19.2 Å². The van der Waals surface area contributed by atoms with Crippen molar-refractivity contribution < 1.29 is 18.7 Å². The Morgan fingerprint density at radius 2 is 1.89 bits per heavy atom. The summed E-state index contributed by atoms with van der Waals surface area (Å²) >= 11 is 0. The van der Waals surface area contributed by atoms with Crippen molar-refractivity contribution in [2.75, 3.05) is 23.4 Å². The van der Waals surface area contributed by atoms with Crippen LogP contribution in [0, 0.1) is 11.3 Å². The standard InChI is InChI=1S/C33H47N7O4Si/c1-21(2)43-28-26(18-36-39(28)10)38-29-35-14-13-25(37-29)22-15-23(17-34)27-24(16-22)33(9,20-42-45(11,12)32(6,7)8)19-40(27)30(41)44-31(3,4)5/h13-16,18,21H,19-20H2,1-12H3,(H,35,37,38)/t33-/m1/s1. The van der Waals surface area contributed by atoms with Gasteiger partial charge >= 0.3 is 6.09 Å². The topological polar surface area (TPSA) is 127 Å². The first-order valence-corrected chi connectivity index (χ1v) is 18.2. The maximum atomic E-state index is 13.5. The maximum Gasteiger partial charge on any atom is 0.414 e. The zero-order valence-electron chi connectivity index (χ0n) is 28.7. The number of carbonyl (C=O) groups excluding carboxylic acids is 1. The number of nitrogens with zero attached hydrogens (tertiary/aromatic N) is 6. The lowest BCUT2D eigenvalue weighted by Gasteiger charge is -2.39. The summed E-state index contributed by atoms with van der Waals surface area (Å²) in [6.07, 6.45) is 2.79. The van der Waals surface area contributed by atoms with E-state index in [0.717, 1.165) is 11.1 Å². The van der Waals surface area contributed by atoms with Crippen molar-refractivity contribution in [2.24, 2.45) is 7.05 Å². The van der Waals surface area contributed by atoms with Crippen molar-refractivity contribution in [3.63, 3.8) is 0 Å². The lowest BCUT2D eigenvalue weighted by molar-refractivity contribution is 0.0575. The highest BCUT2D eigenvalue weighted by Crippen LogP contribution is 2.47. The van der Waals surface area contributed by atoms with Crippen molar-refractivity contribution >= 4 is 31.7 Å². The van der Waals surface area contributed by atoms with Crippen LogP contribution in [0.3, 0.4) is 0 Å². The van der Waals surface area contributed by atoms with Gasteiger partial charge in [0.2, 0.25) is 11.8 Å². The van der Waals surface area contributed by atoms with E-state index < -0.39 is 25.4 Å². The molecule has 0 unspecified atom stereocenters. The van der Waals surface area contributed by atoms with Gasteiger partial charge in [0.1, 0.15) is 17.4 Å². The molecule has 0 bridgehead atoms. The smallest absolute Gasteiger partial charge is 0.414 e. The maximum absolute atomic E-state index is 13.5. The SMILES string of the molecule is CC(C)Oc1c(Nc2nccc(-c3cc(C#N)c4c(c3)[C@@](C)(CO[Si](C)(C)C(C)(C)C)CN4C(=O)OC(C)(C)C)n2)cnn1C. The number of benzene rings is 1. The second-order valence-electron chi connectivity index (χ2n) is 14.8. The van der Waals surface area contributed by atoms with Crippen LogP contribution in [-0.4, -0.2) is 59.0 Å². The van der Waals surface area contributed by atoms with Crippen LogP contribution in [0.5, 0.6) is 5.88 Å². The molecule has 2 aromatic heterocycles. The molecular weight excluding hydrogens is 586 g/mol. The Morgan fingerprint density at radius 1 is 1.20 bits per heavy atom. The van der Waals surface area contributed by atoms with E-state index in [1.54, 1.807) is 41.2 Å². The van der Waals surface area contributed by atoms with Gasteiger partial charge in [-0.25, -0.2) is 19.4 Å². The van der Waals surface area contributed by atoms with E-state index >= 15 is 0 Å². The lowest BCUT2D eigenvalue weighted by Crippen LogP contribution is -2.46. The minimum atomic E-state index is -2.13. The molecule has 4 rings (SSSR count). The van der Waals surface area contributed by atoms with Crippen molar-refractivity contribution in [3.05, 3.63) is 41.7 Å². The first-order chi connectivity index (χ1) is 20.7. The molecule has 0 saturated heterocycles. The quantitative estimate of drug-likeness (QED) is 0.254. The molecule has 0 fully saturated rings. The van der Waals surface area contributed by atoms with Crippen LogP contribution >= 0.6 is 0 Å². The molecule has 242 valence electrons. The molecule has 0 radical (unpaired) electrons. The van der Waals surface area contributed by atoms with E-state index in [1.807, 2.05) is 40.7 Å². The normalized spacial score (nSPS) is 16.8. The number of hydrogen-bond donors (Lipinski definition) is 1. The predicted octanol–water partition coefficient (Wildman–Crippen LogP) is 7.31. The summed E-state index contributed by atoms with van der Waals surface area (Å²) in [6.45, 7) is 23.2. The number of aromatic nitrogens is 4. The number of carbonyl (C=O) groups is 1. The molecule has 3 aromatic rings. The summed E-state index contributed by atoms with van der Waals surface area (Å²) in [5.41, 5.74) is 2.44. The molecule has 45 heavy (non-hydrogen) atoms. The van der Waals surface area contributed by atoms with E-state index in [-0.39, 0.29) is 11.1 Å². The molecule has 0 saturated carbocycles. The number of fused-ring (bicyclic) bond motifs is 1. The Morgan fingerprint density at radius 3 is 2.49 bits per heavy atom. The number of rotatable bonds is 8. The average Bonchev–Trinajstić information content (AvgIpc) is 3.42. The first kappa shape index (κ1) is 33.9. The van der Waals surface area contributed by atoms with Crippen LogP contribution in [-0.2, 0) is 21.6 Å². The predicted molar refractivity (Wildman–Crippen MR) is 179 cm³/mol. The van der Waals surface area contributed by atoms with Gasteiger partial charge in [0.25, 0.3) is 0 Å². The van der Waals surface area contributed by atoms with Gasteiger partial charge in [0.05, 0.1) is 29.2 Å². The highest BCUT2D eigenvalue weighted by Gasteiger charge is 2.47. The van der Waals surface area contributed by atoms with Gasteiger partial charge in [0, 0.05) is 37.4 Å². The van der Waals surface area contributed by atoms with E-state index in [9.17, 15) is 10.1 Å². The molecule has 0 spiro atoms. The van der Waals surface area contributed by atoms with Crippen molar-refractivity contribution in [2.45, 2.75) is 97.6 Å². The van der Waals surface area contributed by atoms with Crippen molar-refractivity contribution in [3.8, 4) is 23.2 Å². The third kappa shape index (κ3) is 7.31.